The van der Waals surface area contributed by atoms with Crippen LogP contribution in [0.15, 0.2) is 22.8 Å². The molecule has 1 aliphatic rings. The summed E-state index contributed by atoms with van der Waals surface area (Å²) in [7, 11) is 0. The van der Waals surface area contributed by atoms with Gasteiger partial charge in [0.15, 0.2) is 0 Å². The zero-order chi connectivity index (χ0) is 10.9. The van der Waals surface area contributed by atoms with Crippen molar-refractivity contribution in [1.29, 1.82) is 0 Å². The lowest BCUT2D eigenvalue weighted by molar-refractivity contribution is 0.436. The van der Waals surface area contributed by atoms with Crippen molar-refractivity contribution in [3.63, 3.8) is 0 Å². The molecule has 0 aliphatic heterocycles. The topological polar surface area (TPSA) is 25.2 Å². The fraction of sp³-hybridized carbons (Fsp3) is 0.692. The highest BCUT2D eigenvalue weighted by Crippen LogP contribution is 2.51. The van der Waals surface area contributed by atoms with E-state index in [1.54, 1.807) is 6.26 Å². The highest BCUT2D eigenvalue weighted by atomic mass is 16.3. The van der Waals surface area contributed by atoms with Gasteiger partial charge in [-0.3, -0.25) is 0 Å². The SMILES string of the molecule is CC(Cc1ccco1)NCC1CC1(C)C. The monoisotopic (exact) mass is 207 g/mol. The first-order valence-electron chi connectivity index (χ1n) is 5.84. The van der Waals surface area contributed by atoms with Crippen molar-refractivity contribution in [3.8, 4) is 0 Å². The van der Waals surface area contributed by atoms with E-state index >= 15 is 0 Å². The summed E-state index contributed by atoms with van der Waals surface area (Å²) in [6.45, 7) is 8.06. The van der Waals surface area contributed by atoms with E-state index in [0.29, 0.717) is 11.5 Å². The second-order valence-corrected chi connectivity index (χ2v) is 5.48. The molecule has 15 heavy (non-hydrogen) atoms. The summed E-state index contributed by atoms with van der Waals surface area (Å²) in [6, 6.07) is 4.50. The summed E-state index contributed by atoms with van der Waals surface area (Å²) in [5.74, 6) is 1.95. The first-order valence-corrected chi connectivity index (χ1v) is 5.84. The van der Waals surface area contributed by atoms with Gasteiger partial charge in [-0.25, -0.2) is 0 Å². The van der Waals surface area contributed by atoms with E-state index < -0.39 is 0 Å². The van der Waals surface area contributed by atoms with Crippen molar-refractivity contribution in [2.75, 3.05) is 6.54 Å². The predicted octanol–water partition coefficient (Wildman–Crippen LogP) is 2.85. The zero-order valence-electron chi connectivity index (χ0n) is 9.92. The van der Waals surface area contributed by atoms with Gasteiger partial charge in [-0.1, -0.05) is 13.8 Å². The average Bonchev–Trinajstić information content (AvgIpc) is 2.62. The molecule has 2 atom stereocenters. The Morgan fingerprint density at radius 2 is 2.33 bits per heavy atom. The van der Waals surface area contributed by atoms with E-state index in [1.807, 2.05) is 12.1 Å². The van der Waals surface area contributed by atoms with Crippen LogP contribution in [0.3, 0.4) is 0 Å². The van der Waals surface area contributed by atoms with Crippen LogP contribution in [0, 0.1) is 11.3 Å². The highest BCUT2D eigenvalue weighted by molar-refractivity contribution is 5.01. The summed E-state index contributed by atoms with van der Waals surface area (Å²) >= 11 is 0. The molecule has 1 aromatic rings. The van der Waals surface area contributed by atoms with Crippen LogP contribution in [0.1, 0.15) is 33.0 Å². The number of hydrogen-bond acceptors (Lipinski definition) is 2. The van der Waals surface area contributed by atoms with E-state index in [2.05, 4.69) is 26.1 Å². The van der Waals surface area contributed by atoms with Crippen LogP contribution in [0.5, 0.6) is 0 Å². The molecule has 1 fully saturated rings. The summed E-state index contributed by atoms with van der Waals surface area (Å²) in [5.41, 5.74) is 0.581. The minimum Gasteiger partial charge on any atom is -0.469 e. The molecule has 2 heteroatoms. The third kappa shape index (κ3) is 2.85. The maximum Gasteiger partial charge on any atom is 0.105 e. The molecule has 1 heterocycles. The largest absolute Gasteiger partial charge is 0.469 e. The third-order valence-corrected chi connectivity index (χ3v) is 3.52. The lowest BCUT2D eigenvalue weighted by Crippen LogP contribution is -2.30. The van der Waals surface area contributed by atoms with Crippen LogP contribution in [-0.4, -0.2) is 12.6 Å². The lowest BCUT2D eigenvalue weighted by Gasteiger charge is -2.13. The fourth-order valence-corrected chi connectivity index (χ4v) is 2.07. The average molecular weight is 207 g/mol. The Bertz CT molecular complexity index is 302. The van der Waals surface area contributed by atoms with Gasteiger partial charge in [-0.05, 0) is 43.4 Å². The molecule has 0 amide bonds. The van der Waals surface area contributed by atoms with Crippen molar-refractivity contribution in [2.45, 2.75) is 39.7 Å². The van der Waals surface area contributed by atoms with Gasteiger partial charge in [0.2, 0.25) is 0 Å². The van der Waals surface area contributed by atoms with Crippen LogP contribution in [0.2, 0.25) is 0 Å². The molecular formula is C13H21NO. The van der Waals surface area contributed by atoms with Crippen molar-refractivity contribution >= 4 is 0 Å². The zero-order valence-corrected chi connectivity index (χ0v) is 9.92. The Kier molecular flexibility index (Phi) is 2.87. The van der Waals surface area contributed by atoms with E-state index in [-0.39, 0.29) is 0 Å². The van der Waals surface area contributed by atoms with Gasteiger partial charge < -0.3 is 9.73 Å². The molecular weight excluding hydrogens is 186 g/mol. The van der Waals surface area contributed by atoms with Gasteiger partial charge in [0, 0.05) is 12.5 Å². The number of furan rings is 1. The molecule has 1 saturated carbocycles. The number of nitrogens with one attached hydrogen (secondary N) is 1. The Morgan fingerprint density at radius 1 is 1.60 bits per heavy atom. The van der Waals surface area contributed by atoms with Crippen molar-refractivity contribution in [2.24, 2.45) is 11.3 Å². The second kappa shape index (κ2) is 4.01. The van der Waals surface area contributed by atoms with E-state index in [4.69, 9.17) is 4.42 Å². The second-order valence-electron chi connectivity index (χ2n) is 5.48. The van der Waals surface area contributed by atoms with Gasteiger partial charge >= 0.3 is 0 Å². The molecule has 0 radical (unpaired) electrons. The molecule has 2 nitrogen and oxygen atoms in total. The molecule has 1 aromatic heterocycles. The molecule has 2 unspecified atom stereocenters. The van der Waals surface area contributed by atoms with Gasteiger partial charge in [0.05, 0.1) is 6.26 Å². The van der Waals surface area contributed by atoms with Crippen molar-refractivity contribution in [1.82, 2.24) is 5.32 Å². The van der Waals surface area contributed by atoms with E-state index in [9.17, 15) is 0 Å². The third-order valence-electron chi connectivity index (χ3n) is 3.52. The summed E-state index contributed by atoms with van der Waals surface area (Å²) in [5, 5.41) is 3.58. The summed E-state index contributed by atoms with van der Waals surface area (Å²) in [6.07, 6.45) is 4.10. The molecule has 1 N–H and O–H groups in total. The van der Waals surface area contributed by atoms with Gasteiger partial charge in [-0.15, -0.1) is 0 Å². The smallest absolute Gasteiger partial charge is 0.105 e. The standard InChI is InChI=1S/C13H21NO/c1-10(7-12-5-4-6-15-12)14-9-11-8-13(11,2)3/h4-6,10-11,14H,7-9H2,1-3H3. The van der Waals surface area contributed by atoms with Crippen molar-refractivity contribution < 1.29 is 4.42 Å². The van der Waals surface area contributed by atoms with Crippen LogP contribution in [0.4, 0.5) is 0 Å². The van der Waals surface area contributed by atoms with Gasteiger partial charge in [0.25, 0.3) is 0 Å². The maximum atomic E-state index is 5.33. The van der Waals surface area contributed by atoms with Crippen LogP contribution in [0.25, 0.3) is 0 Å². The molecule has 0 bridgehead atoms. The molecule has 0 spiro atoms. The highest BCUT2D eigenvalue weighted by Gasteiger charge is 2.44. The molecule has 1 aliphatic carbocycles. The van der Waals surface area contributed by atoms with Crippen LogP contribution in [-0.2, 0) is 6.42 Å². The molecule has 0 saturated heterocycles. The Morgan fingerprint density at radius 3 is 2.87 bits per heavy atom. The minimum atomic E-state index is 0.507. The quantitative estimate of drug-likeness (QED) is 0.803. The maximum absolute atomic E-state index is 5.33. The Hall–Kier alpha value is -0.760. The normalized spacial score (nSPS) is 25.1. The fourth-order valence-electron chi connectivity index (χ4n) is 2.07. The van der Waals surface area contributed by atoms with E-state index in [1.165, 1.54) is 6.42 Å². The first kappa shape index (κ1) is 10.7. The van der Waals surface area contributed by atoms with Gasteiger partial charge in [0.1, 0.15) is 5.76 Å². The number of hydrogen-bond donors (Lipinski definition) is 1. The molecule has 84 valence electrons. The summed E-state index contributed by atoms with van der Waals surface area (Å²) in [4.78, 5) is 0. The molecule has 2 rings (SSSR count). The minimum absolute atomic E-state index is 0.507. The lowest BCUT2D eigenvalue weighted by atomic mass is 10.1. The first-order chi connectivity index (χ1) is 7.08. The Balaban J connectivity index is 1.67. The van der Waals surface area contributed by atoms with Crippen molar-refractivity contribution in [3.05, 3.63) is 24.2 Å². The Labute approximate surface area is 92.1 Å². The summed E-state index contributed by atoms with van der Waals surface area (Å²) < 4.78 is 5.33. The number of rotatable bonds is 5. The van der Waals surface area contributed by atoms with E-state index in [0.717, 1.165) is 24.6 Å². The van der Waals surface area contributed by atoms with Crippen LogP contribution < -0.4 is 5.32 Å². The van der Waals surface area contributed by atoms with Gasteiger partial charge in [-0.2, -0.15) is 0 Å². The van der Waals surface area contributed by atoms with Crippen LogP contribution >= 0.6 is 0 Å². The molecule has 0 aromatic carbocycles. The predicted molar refractivity (Wildman–Crippen MR) is 61.8 cm³/mol.